The van der Waals surface area contributed by atoms with Crippen molar-refractivity contribution in [2.24, 2.45) is 33.7 Å². The molecule has 5 rings (SSSR count). The Morgan fingerprint density at radius 1 is 1.11 bits per heavy atom. The number of carbonyl (C=O) groups is 1. The highest BCUT2D eigenvalue weighted by molar-refractivity contribution is 5.96. The molecule has 2 saturated carbocycles. The molecule has 1 heterocycles. The first-order valence-corrected chi connectivity index (χ1v) is 13.7. The molecule has 1 aromatic heterocycles. The summed E-state index contributed by atoms with van der Waals surface area (Å²) in [7, 11) is 5.75. The number of likely N-dealkylation sites (N-methyl/N-ethyl adjacent to an activating group) is 2. The van der Waals surface area contributed by atoms with Crippen molar-refractivity contribution in [3.05, 3.63) is 47.8 Å². The number of hydrogen-bond acceptors (Lipinski definition) is 5. The number of oxime groups is 1. The van der Waals surface area contributed by atoms with Crippen molar-refractivity contribution < 1.29 is 9.63 Å². The van der Waals surface area contributed by atoms with Crippen LogP contribution in [0.4, 0.5) is 4.79 Å². The molecule has 194 valence electrons. The van der Waals surface area contributed by atoms with Crippen LogP contribution in [0.1, 0.15) is 64.4 Å². The molecule has 0 spiro atoms. The molecule has 0 N–H and O–H groups in total. The fourth-order valence-electron chi connectivity index (χ4n) is 7.79. The highest BCUT2D eigenvalue weighted by Crippen LogP contribution is 2.66. The van der Waals surface area contributed by atoms with Gasteiger partial charge in [0.05, 0.1) is 5.71 Å². The fourth-order valence-corrected chi connectivity index (χ4v) is 7.79. The van der Waals surface area contributed by atoms with E-state index in [-0.39, 0.29) is 16.9 Å². The normalized spacial score (nSPS) is 34.4. The number of pyridine rings is 1. The maximum atomic E-state index is 12.3. The summed E-state index contributed by atoms with van der Waals surface area (Å²) in [6.45, 7) is 6.44. The third-order valence-electron chi connectivity index (χ3n) is 9.97. The smallest absolute Gasteiger partial charge is 0.308 e. The molecule has 0 bridgehead atoms. The molecule has 4 aliphatic rings. The standard InChI is InChI=1S/C30H42N4O2/c1-29-14-12-23(32-36-28(35)34(5)18-17-33(3)4)19-22(29)8-9-24-26-11-10-25(21-7-6-16-31-20-21)30(26,2)15-13-27(24)29/h6-7,10,16,19-20,24,26-27H,8-9,11-15,17-18H2,1-5H3/t24-,26+,27+,29+,30-/m1/s1. The van der Waals surface area contributed by atoms with Gasteiger partial charge in [-0.25, -0.2) is 4.79 Å². The molecule has 6 nitrogen and oxygen atoms in total. The largest absolute Gasteiger partial charge is 0.435 e. The summed E-state index contributed by atoms with van der Waals surface area (Å²) in [6, 6.07) is 4.30. The average molecular weight is 491 g/mol. The van der Waals surface area contributed by atoms with Gasteiger partial charge in [0.1, 0.15) is 0 Å². The van der Waals surface area contributed by atoms with Crippen LogP contribution in [-0.4, -0.2) is 60.8 Å². The van der Waals surface area contributed by atoms with Gasteiger partial charge in [-0.2, -0.15) is 0 Å². The first kappa shape index (κ1) is 25.2. The Balaban J connectivity index is 1.28. The second-order valence-corrected chi connectivity index (χ2v) is 12.2. The van der Waals surface area contributed by atoms with E-state index in [2.05, 4.69) is 48.3 Å². The van der Waals surface area contributed by atoms with Crippen LogP contribution in [0.2, 0.25) is 0 Å². The van der Waals surface area contributed by atoms with Crippen LogP contribution < -0.4 is 0 Å². The van der Waals surface area contributed by atoms with Crippen molar-refractivity contribution in [2.45, 2.75) is 58.8 Å². The molecule has 4 aliphatic carbocycles. The highest BCUT2D eigenvalue weighted by atomic mass is 16.7. The van der Waals surface area contributed by atoms with Crippen molar-refractivity contribution in [1.29, 1.82) is 0 Å². The van der Waals surface area contributed by atoms with Crippen LogP contribution in [0.25, 0.3) is 5.57 Å². The molecule has 1 aromatic rings. The molecule has 5 atom stereocenters. The van der Waals surface area contributed by atoms with E-state index in [0.717, 1.165) is 49.3 Å². The molecule has 2 fully saturated rings. The van der Waals surface area contributed by atoms with Crippen molar-refractivity contribution >= 4 is 17.4 Å². The topological polar surface area (TPSA) is 58.0 Å². The third kappa shape index (κ3) is 4.42. The van der Waals surface area contributed by atoms with Crippen molar-refractivity contribution in [2.75, 3.05) is 34.2 Å². The summed E-state index contributed by atoms with van der Waals surface area (Å²) in [5, 5.41) is 4.29. The Hall–Kier alpha value is -2.47. The van der Waals surface area contributed by atoms with E-state index in [0.29, 0.717) is 6.54 Å². The van der Waals surface area contributed by atoms with Gasteiger partial charge in [0.15, 0.2) is 0 Å². The van der Waals surface area contributed by atoms with Crippen LogP contribution in [0.15, 0.2) is 47.4 Å². The molecule has 0 saturated heterocycles. The first-order valence-electron chi connectivity index (χ1n) is 13.7. The number of fused-ring (bicyclic) bond motifs is 5. The lowest BCUT2D eigenvalue weighted by Crippen LogP contribution is -2.49. The minimum atomic E-state index is -0.385. The summed E-state index contributed by atoms with van der Waals surface area (Å²) in [6.07, 6.45) is 16.4. The predicted octanol–water partition coefficient (Wildman–Crippen LogP) is 6.02. The quantitative estimate of drug-likeness (QED) is 0.374. The number of carbonyl (C=O) groups excluding carboxylic acids is 1. The summed E-state index contributed by atoms with van der Waals surface area (Å²) < 4.78 is 0. The molecule has 0 unspecified atom stereocenters. The van der Waals surface area contributed by atoms with Gasteiger partial charge in [-0.05, 0) is 111 Å². The number of hydrogen-bond donors (Lipinski definition) is 0. The highest BCUT2D eigenvalue weighted by Gasteiger charge is 2.57. The minimum Gasteiger partial charge on any atom is -0.308 e. The summed E-state index contributed by atoms with van der Waals surface area (Å²) in [5.41, 5.74) is 5.76. The Labute approximate surface area is 216 Å². The molecule has 0 radical (unpaired) electrons. The van der Waals surface area contributed by atoms with Gasteiger partial charge in [0, 0.05) is 32.5 Å². The van der Waals surface area contributed by atoms with Crippen LogP contribution in [0.3, 0.4) is 0 Å². The van der Waals surface area contributed by atoms with Crippen molar-refractivity contribution in [3.63, 3.8) is 0 Å². The summed E-state index contributed by atoms with van der Waals surface area (Å²) >= 11 is 0. The maximum absolute atomic E-state index is 12.3. The Morgan fingerprint density at radius 2 is 1.94 bits per heavy atom. The lowest BCUT2D eigenvalue weighted by atomic mass is 9.46. The number of amides is 1. The SMILES string of the molecule is CN(C)CCN(C)C(=O)ON=C1C=C2CC[C@H]3[C@H](CC[C@]4(C)C(c5cccnc5)=CC[C@@H]34)[C@@]2(C)CC1. The number of allylic oxidation sites excluding steroid dienone is 4. The van der Waals surface area contributed by atoms with Crippen LogP contribution in [-0.2, 0) is 4.84 Å². The second kappa shape index (κ2) is 9.77. The van der Waals surface area contributed by atoms with E-state index in [1.54, 1.807) is 11.9 Å². The molecular weight excluding hydrogens is 448 g/mol. The molecular formula is C30H42N4O2. The first-order chi connectivity index (χ1) is 17.2. The van der Waals surface area contributed by atoms with Crippen molar-refractivity contribution in [3.8, 4) is 0 Å². The molecule has 0 aromatic carbocycles. The van der Waals surface area contributed by atoms with Gasteiger partial charge in [0.2, 0.25) is 0 Å². The minimum absolute atomic E-state index is 0.229. The number of rotatable bonds is 5. The van der Waals surface area contributed by atoms with Crippen LogP contribution >= 0.6 is 0 Å². The number of aromatic nitrogens is 1. The van der Waals surface area contributed by atoms with E-state index in [1.165, 1.54) is 42.4 Å². The zero-order valence-corrected chi connectivity index (χ0v) is 22.7. The third-order valence-corrected chi connectivity index (χ3v) is 9.97. The maximum Gasteiger partial charge on any atom is 0.435 e. The van der Waals surface area contributed by atoms with Crippen LogP contribution in [0.5, 0.6) is 0 Å². The Morgan fingerprint density at radius 3 is 2.69 bits per heavy atom. The Kier molecular flexibility index (Phi) is 6.84. The summed E-state index contributed by atoms with van der Waals surface area (Å²) in [5.74, 6) is 2.20. The molecule has 0 aliphatic heterocycles. The van der Waals surface area contributed by atoms with E-state index in [1.807, 2.05) is 31.4 Å². The summed E-state index contributed by atoms with van der Waals surface area (Å²) in [4.78, 5) is 25.7. The number of nitrogens with zero attached hydrogens (tertiary/aromatic N) is 4. The molecule has 6 heteroatoms. The lowest BCUT2D eigenvalue weighted by molar-refractivity contribution is -0.0190. The zero-order valence-electron chi connectivity index (χ0n) is 22.7. The zero-order chi connectivity index (χ0) is 25.5. The van der Waals surface area contributed by atoms with Gasteiger partial charge < -0.3 is 9.80 Å². The van der Waals surface area contributed by atoms with Gasteiger partial charge in [-0.1, -0.05) is 36.7 Å². The van der Waals surface area contributed by atoms with Gasteiger partial charge in [-0.3, -0.25) is 9.82 Å². The second-order valence-electron chi connectivity index (χ2n) is 12.2. The predicted molar refractivity (Wildman–Crippen MR) is 144 cm³/mol. The molecule has 1 amide bonds. The van der Waals surface area contributed by atoms with Gasteiger partial charge in [-0.15, -0.1) is 0 Å². The average Bonchev–Trinajstić information content (AvgIpc) is 3.23. The van der Waals surface area contributed by atoms with E-state index in [9.17, 15) is 4.79 Å². The monoisotopic (exact) mass is 490 g/mol. The van der Waals surface area contributed by atoms with E-state index in [4.69, 9.17) is 4.84 Å². The van der Waals surface area contributed by atoms with Crippen LogP contribution in [0, 0.1) is 28.6 Å². The van der Waals surface area contributed by atoms with E-state index < -0.39 is 0 Å². The van der Waals surface area contributed by atoms with Gasteiger partial charge in [0.25, 0.3) is 0 Å². The van der Waals surface area contributed by atoms with E-state index >= 15 is 0 Å². The van der Waals surface area contributed by atoms with Crippen molar-refractivity contribution in [1.82, 2.24) is 14.8 Å². The molecule has 36 heavy (non-hydrogen) atoms. The fraction of sp³-hybridized carbons (Fsp3) is 0.633. The Bertz CT molecular complexity index is 1080. The van der Waals surface area contributed by atoms with Gasteiger partial charge >= 0.3 is 6.09 Å². The lowest BCUT2D eigenvalue weighted by Gasteiger charge is -2.58.